The molecule has 1 saturated heterocycles. The molecule has 1 fully saturated rings. The molecule has 1 aliphatic rings. The van der Waals surface area contributed by atoms with Crippen LogP contribution in [0.4, 0.5) is 0 Å². The van der Waals surface area contributed by atoms with Crippen LogP contribution in [0.25, 0.3) is 0 Å². The second kappa shape index (κ2) is 4.45. The molecule has 1 N–H and O–H groups in total. The molecule has 0 saturated carbocycles. The molecule has 0 bridgehead atoms. The zero-order valence-corrected chi connectivity index (χ0v) is 8.94. The molecule has 0 radical (unpaired) electrons. The van der Waals surface area contributed by atoms with E-state index in [-0.39, 0.29) is 11.9 Å². The third-order valence-electron chi connectivity index (χ3n) is 2.91. The molecule has 1 aliphatic heterocycles. The second-order valence-electron chi connectivity index (χ2n) is 3.98. The van der Waals surface area contributed by atoms with E-state index < -0.39 is 0 Å². The summed E-state index contributed by atoms with van der Waals surface area (Å²) in [5.41, 5.74) is 1.28. The van der Waals surface area contributed by atoms with Crippen molar-refractivity contribution in [3.63, 3.8) is 0 Å². The third kappa shape index (κ3) is 2.36. The third-order valence-corrected chi connectivity index (χ3v) is 2.91. The molecular formula is C12H16N2O. The van der Waals surface area contributed by atoms with Gasteiger partial charge < -0.3 is 10.2 Å². The molecule has 1 atom stereocenters. The van der Waals surface area contributed by atoms with E-state index in [0.717, 1.165) is 13.0 Å². The van der Waals surface area contributed by atoms with E-state index in [9.17, 15) is 4.79 Å². The minimum absolute atomic E-state index is 0.183. The average molecular weight is 204 g/mol. The summed E-state index contributed by atoms with van der Waals surface area (Å²) in [5, 5.41) is 3.14. The van der Waals surface area contributed by atoms with Gasteiger partial charge in [0.05, 0.1) is 6.54 Å². The summed E-state index contributed by atoms with van der Waals surface area (Å²) in [4.78, 5) is 13.3. The molecular weight excluding hydrogens is 188 g/mol. The molecule has 1 aromatic rings. The number of hydrogen-bond donors (Lipinski definition) is 1. The van der Waals surface area contributed by atoms with Crippen molar-refractivity contribution in [1.82, 2.24) is 10.2 Å². The van der Waals surface area contributed by atoms with Crippen molar-refractivity contribution in [3.05, 3.63) is 35.9 Å². The van der Waals surface area contributed by atoms with Crippen molar-refractivity contribution in [2.75, 3.05) is 20.1 Å². The Labute approximate surface area is 90.1 Å². The highest BCUT2D eigenvalue weighted by Gasteiger charge is 2.23. The number of carbonyl (C=O) groups is 1. The van der Waals surface area contributed by atoms with Gasteiger partial charge in [0.25, 0.3) is 0 Å². The Hall–Kier alpha value is -1.35. The van der Waals surface area contributed by atoms with Crippen LogP contribution in [0.15, 0.2) is 30.3 Å². The van der Waals surface area contributed by atoms with E-state index in [1.807, 2.05) is 30.1 Å². The van der Waals surface area contributed by atoms with E-state index in [1.165, 1.54) is 5.56 Å². The van der Waals surface area contributed by atoms with Crippen molar-refractivity contribution in [2.45, 2.75) is 12.5 Å². The van der Waals surface area contributed by atoms with Gasteiger partial charge in [-0.25, -0.2) is 0 Å². The number of rotatable bonds is 2. The first kappa shape index (κ1) is 10.2. The first-order valence-corrected chi connectivity index (χ1v) is 5.27. The lowest BCUT2D eigenvalue weighted by Crippen LogP contribution is -2.53. The number of hydrogen-bond acceptors (Lipinski definition) is 2. The van der Waals surface area contributed by atoms with E-state index >= 15 is 0 Å². The van der Waals surface area contributed by atoms with Gasteiger partial charge in [0.2, 0.25) is 5.91 Å². The largest absolute Gasteiger partial charge is 0.340 e. The average Bonchev–Trinajstić information content (AvgIpc) is 2.26. The lowest BCUT2D eigenvalue weighted by atomic mass is 10.0. The summed E-state index contributed by atoms with van der Waals surface area (Å²) >= 11 is 0. The van der Waals surface area contributed by atoms with Crippen molar-refractivity contribution >= 4 is 5.91 Å². The number of benzene rings is 1. The van der Waals surface area contributed by atoms with E-state index in [2.05, 4.69) is 17.4 Å². The molecule has 15 heavy (non-hydrogen) atoms. The highest BCUT2D eigenvalue weighted by Crippen LogP contribution is 2.09. The Morgan fingerprint density at radius 3 is 2.87 bits per heavy atom. The predicted molar refractivity (Wildman–Crippen MR) is 59.6 cm³/mol. The highest BCUT2D eigenvalue weighted by atomic mass is 16.2. The number of nitrogens with zero attached hydrogens (tertiary/aromatic N) is 1. The molecule has 1 aromatic carbocycles. The molecule has 3 heteroatoms. The molecule has 3 nitrogen and oxygen atoms in total. The smallest absolute Gasteiger partial charge is 0.236 e. The fourth-order valence-corrected chi connectivity index (χ4v) is 1.91. The normalized spacial score (nSPS) is 21.8. The monoisotopic (exact) mass is 204 g/mol. The van der Waals surface area contributed by atoms with Crippen LogP contribution in [0.5, 0.6) is 0 Å². The molecule has 1 heterocycles. The Bertz CT molecular complexity index is 337. The van der Waals surface area contributed by atoms with Gasteiger partial charge in [0, 0.05) is 19.6 Å². The van der Waals surface area contributed by atoms with Crippen LogP contribution < -0.4 is 5.32 Å². The summed E-state index contributed by atoms with van der Waals surface area (Å²) in [6.45, 7) is 1.36. The van der Waals surface area contributed by atoms with Gasteiger partial charge in [-0.3, -0.25) is 4.79 Å². The molecule has 1 amide bonds. The Kier molecular flexibility index (Phi) is 3.02. The van der Waals surface area contributed by atoms with Crippen molar-refractivity contribution < 1.29 is 4.79 Å². The highest BCUT2D eigenvalue weighted by molar-refractivity contribution is 5.79. The summed E-state index contributed by atoms with van der Waals surface area (Å²) in [5.74, 6) is 0.183. The first-order chi connectivity index (χ1) is 7.27. The Morgan fingerprint density at radius 2 is 2.13 bits per heavy atom. The molecule has 0 spiro atoms. The summed E-state index contributed by atoms with van der Waals surface area (Å²) in [7, 11) is 1.89. The SMILES string of the molecule is CN1C(=O)CNCC1Cc1ccccc1. The van der Waals surface area contributed by atoms with Crippen LogP contribution >= 0.6 is 0 Å². The minimum Gasteiger partial charge on any atom is -0.340 e. The first-order valence-electron chi connectivity index (χ1n) is 5.27. The fourth-order valence-electron chi connectivity index (χ4n) is 1.91. The molecule has 2 rings (SSSR count). The Balaban J connectivity index is 2.02. The molecule has 1 unspecified atom stereocenters. The maximum Gasteiger partial charge on any atom is 0.236 e. The Morgan fingerprint density at radius 1 is 1.40 bits per heavy atom. The van der Waals surface area contributed by atoms with Gasteiger partial charge in [-0.1, -0.05) is 30.3 Å². The van der Waals surface area contributed by atoms with Crippen LogP contribution in [-0.4, -0.2) is 37.0 Å². The van der Waals surface area contributed by atoms with E-state index in [4.69, 9.17) is 0 Å². The molecule has 0 aromatic heterocycles. The van der Waals surface area contributed by atoms with Crippen molar-refractivity contribution in [1.29, 1.82) is 0 Å². The summed E-state index contributed by atoms with van der Waals surface area (Å²) in [6, 6.07) is 10.6. The van der Waals surface area contributed by atoms with Crippen LogP contribution in [-0.2, 0) is 11.2 Å². The van der Waals surface area contributed by atoms with Gasteiger partial charge >= 0.3 is 0 Å². The van der Waals surface area contributed by atoms with Crippen LogP contribution in [0.2, 0.25) is 0 Å². The van der Waals surface area contributed by atoms with Crippen molar-refractivity contribution in [3.8, 4) is 0 Å². The zero-order valence-electron chi connectivity index (χ0n) is 8.94. The lowest BCUT2D eigenvalue weighted by molar-refractivity contribution is -0.133. The van der Waals surface area contributed by atoms with E-state index in [1.54, 1.807) is 0 Å². The fraction of sp³-hybridized carbons (Fsp3) is 0.417. The number of likely N-dealkylation sites (N-methyl/N-ethyl adjacent to an activating group) is 1. The topological polar surface area (TPSA) is 32.3 Å². The molecule has 0 aliphatic carbocycles. The van der Waals surface area contributed by atoms with Crippen LogP contribution in [0, 0.1) is 0 Å². The van der Waals surface area contributed by atoms with Crippen LogP contribution in [0.1, 0.15) is 5.56 Å². The lowest BCUT2D eigenvalue weighted by Gasteiger charge is -2.33. The van der Waals surface area contributed by atoms with Gasteiger partial charge in [0.15, 0.2) is 0 Å². The van der Waals surface area contributed by atoms with Gasteiger partial charge in [0.1, 0.15) is 0 Å². The number of amides is 1. The van der Waals surface area contributed by atoms with Crippen molar-refractivity contribution in [2.24, 2.45) is 0 Å². The minimum atomic E-state index is 0.183. The van der Waals surface area contributed by atoms with Crippen LogP contribution in [0.3, 0.4) is 0 Å². The predicted octanol–water partition coefficient (Wildman–Crippen LogP) is 0.659. The number of nitrogens with one attached hydrogen (secondary N) is 1. The number of carbonyl (C=O) groups excluding carboxylic acids is 1. The van der Waals surface area contributed by atoms with Gasteiger partial charge in [-0.15, -0.1) is 0 Å². The zero-order chi connectivity index (χ0) is 10.7. The standard InChI is InChI=1S/C12H16N2O/c1-14-11(8-13-9-12(14)15)7-10-5-3-2-4-6-10/h2-6,11,13H,7-9H2,1H3. The summed E-state index contributed by atoms with van der Waals surface area (Å²) < 4.78 is 0. The van der Waals surface area contributed by atoms with Gasteiger partial charge in [-0.2, -0.15) is 0 Å². The molecule has 80 valence electrons. The van der Waals surface area contributed by atoms with E-state index in [0.29, 0.717) is 6.54 Å². The maximum atomic E-state index is 11.5. The quantitative estimate of drug-likeness (QED) is 0.767. The second-order valence-corrected chi connectivity index (χ2v) is 3.98. The number of piperazine rings is 1. The van der Waals surface area contributed by atoms with Gasteiger partial charge in [-0.05, 0) is 12.0 Å². The summed E-state index contributed by atoms with van der Waals surface area (Å²) in [6.07, 6.45) is 0.927. The maximum absolute atomic E-state index is 11.5.